The van der Waals surface area contributed by atoms with Crippen LogP contribution in [0.4, 0.5) is 5.69 Å². The number of nitrogens with zero attached hydrogens (tertiary/aromatic N) is 1. The maximum absolute atomic E-state index is 11.3. The highest BCUT2D eigenvalue weighted by molar-refractivity contribution is 5.88. The number of primary amides is 1. The van der Waals surface area contributed by atoms with Gasteiger partial charge in [0.15, 0.2) is 0 Å². The third-order valence-corrected chi connectivity index (χ3v) is 3.45. The van der Waals surface area contributed by atoms with Gasteiger partial charge in [-0.1, -0.05) is 18.2 Å². The molecule has 1 aliphatic rings. The minimum Gasteiger partial charge on any atom is -0.386 e. The Morgan fingerprint density at radius 2 is 1.94 bits per heavy atom. The van der Waals surface area contributed by atoms with Crippen LogP contribution in [0.5, 0.6) is 0 Å². The summed E-state index contributed by atoms with van der Waals surface area (Å²) in [6.07, 6.45) is 1.24. The molecule has 0 aromatic heterocycles. The third-order valence-electron chi connectivity index (χ3n) is 3.45. The topological polar surface area (TPSA) is 96.2 Å². The average Bonchev–Trinajstić information content (AvgIpc) is 2.39. The molecule has 0 bridgehead atoms. The lowest BCUT2D eigenvalue weighted by molar-refractivity contribution is -0.122. The van der Waals surface area contributed by atoms with Crippen LogP contribution in [-0.4, -0.2) is 24.3 Å². The van der Waals surface area contributed by atoms with E-state index in [2.05, 4.69) is 4.90 Å². The molecule has 2 unspecified atom stereocenters. The van der Waals surface area contributed by atoms with E-state index in [9.17, 15) is 4.79 Å². The molecule has 1 fully saturated rings. The van der Waals surface area contributed by atoms with Crippen LogP contribution in [0.25, 0.3) is 0 Å². The average molecular weight is 246 g/mol. The molecule has 0 spiro atoms. The number of benzene rings is 1. The minimum atomic E-state index is -0.297. The van der Waals surface area contributed by atoms with Gasteiger partial charge in [0.25, 0.3) is 0 Å². The van der Waals surface area contributed by atoms with Crippen molar-refractivity contribution in [3.8, 4) is 0 Å². The highest BCUT2D eigenvalue weighted by Crippen LogP contribution is 2.27. The van der Waals surface area contributed by atoms with E-state index in [4.69, 9.17) is 16.9 Å². The molecule has 1 heterocycles. The van der Waals surface area contributed by atoms with Crippen molar-refractivity contribution in [1.82, 2.24) is 0 Å². The van der Waals surface area contributed by atoms with Gasteiger partial charge in [0.05, 0.1) is 6.04 Å². The minimum absolute atomic E-state index is 0.0878. The molecule has 0 saturated carbocycles. The zero-order chi connectivity index (χ0) is 13.1. The van der Waals surface area contributed by atoms with Crippen LogP contribution in [0, 0.1) is 11.3 Å². The van der Waals surface area contributed by atoms with Crippen molar-refractivity contribution in [1.29, 1.82) is 5.41 Å². The first-order valence-corrected chi connectivity index (χ1v) is 6.04. The van der Waals surface area contributed by atoms with Crippen LogP contribution in [0.2, 0.25) is 0 Å². The summed E-state index contributed by atoms with van der Waals surface area (Å²) in [5.74, 6) is -0.391. The largest absolute Gasteiger partial charge is 0.386 e. The molecule has 1 aromatic rings. The number of amidine groups is 1. The maximum atomic E-state index is 11.3. The molecule has 2 atom stereocenters. The first-order valence-electron chi connectivity index (χ1n) is 6.04. The monoisotopic (exact) mass is 246 g/mol. The number of hydrogen-bond acceptors (Lipinski definition) is 3. The number of carbonyl (C=O) groups excluding carboxylic acids is 1. The van der Waals surface area contributed by atoms with Gasteiger partial charge in [-0.3, -0.25) is 10.2 Å². The Morgan fingerprint density at radius 1 is 1.28 bits per heavy atom. The maximum Gasteiger partial charge on any atom is 0.220 e. The SMILES string of the molecule is N=C(N)C1CC(C(N)=O)CCN1c1ccccc1. The van der Waals surface area contributed by atoms with E-state index < -0.39 is 0 Å². The summed E-state index contributed by atoms with van der Waals surface area (Å²) in [7, 11) is 0. The second-order valence-corrected chi connectivity index (χ2v) is 4.62. The van der Waals surface area contributed by atoms with Crippen LogP contribution in [0.3, 0.4) is 0 Å². The summed E-state index contributed by atoms with van der Waals surface area (Å²) < 4.78 is 0. The van der Waals surface area contributed by atoms with Crippen molar-refractivity contribution >= 4 is 17.4 Å². The van der Waals surface area contributed by atoms with Crippen LogP contribution in [0.1, 0.15) is 12.8 Å². The summed E-state index contributed by atoms with van der Waals surface area (Å²) in [6, 6.07) is 9.58. The third kappa shape index (κ3) is 2.45. The predicted molar refractivity (Wildman–Crippen MR) is 71.4 cm³/mol. The molecule has 5 heteroatoms. The Kier molecular flexibility index (Phi) is 3.50. The van der Waals surface area contributed by atoms with Crippen molar-refractivity contribution in [3.05, 3.63) is 30.3 Å². The van der Waals surface area contributed by atoms with E-state index in [1.165, 1.54) is 0 Å². The Labute approximate surface area is 106 Å². The molecule has 2 rings (SSSR count). The molecular formula is C13H18N4O. The van der Waals surface area contributed by atoms with E-state index >= 15 is 0 Å². The smallest absolute Gasteiger partial charge is 0.220 e. The van der Waals surface area contributed by atoms with Gasteiger partial charge in [-0.25, -0.2) is 0 Å². The van der Waals surface area contributed by atoms with Crippen LogP contribution in [0.15, 0.2) is 30.3 Å². The molecule has 5 nitrogen and oxygen atoms in total. The van der Waals surface area contributed by atoms with Crippen molar-refractivity contribution in [2.45, 2.75) is 18.9 Å². The number of amides is 1. The van der Waals surface area contributed by atoms with E-state index in [1.54, 1.807) is 0 Å². The predicted octanol–water partition coefficient (Wildman–Crippen LogP) is 0.693. The quantitative estimate of drug-likeness (QED) is 0.541. The summed E-state index contributed by atoms with van der Waals surface area (Å²) >= 11 is 0. The van der Waals surface area contributed by atoms with Crippen LogP contribution < -0.4 is 16.4 Å². The number of hydrogen-bond donors (Lipinski definition) is 3. The Morgan fingerprint density at radius 3 is 2.50 bits per heavy atom. The lowest BCUT2D eigenvalue weighted by Gasteiger charge is -2.39. The fourth-order valence-corrected chi connectivity index (χ4v) is 2.45. The van der Waals surface area contributed by atoms with Gasteiger partial charge in [-0.05, 0) is 25.0 Å². The molecule has 18 heavy (non-hydrogen) atoms. The Hall–Kier alpha value is -2.04. The normalized spacial score (nSPS) is 23.7. The van der Waals surface area contributed by atoms with E-state index in [1.807, 2.05) is 30.3 Å². The first-order chi connectivity index (χ1) is 8.59. The summed E-state index contributed by atoms with van der Waals surface area (Å²) in [5.41, 5.74) is 12.0. The number of para-hydroxylation sites is 1. The first kappa shape index (κ1) is 12.4. The van der Waals surface area contributed by atoms with Crippen molar-refractivity contribution in [2.75, 3.05) is 11.4 Å². The summed E-state index contributed by atoms with van der Waals surface area (Å²) in [6.45, 7) is 0.696. The van der Waals surface area contributed by atoms with E-state index in [0.717, 1.165) is 5.69 Å². The highest BCUT2D eigenvalue weighted by atomic mass is 16.1. The van der Waals surface area contributed by atoms with Gasteiger partial charge in [-0.2, -0.15) is 0 Å². The standard InChI is InChI=1S/C13H18N4O/c14-12(15)11-8-9(13(16)18)6-7-17(11)10-4-2-1-3-5-10/h1-5,9,11H,6-8H2,(H3,14,15)(H2,16,18). The van der Waals surface area contributed by atoms with Gasteiger partial charge < -0.3 is 16.4 Å². The van der Waals surface area contributed by atoms with Gasteiger partial charge in [-0.15, -0.1) is 0 Å². The fraction of sp³-hybridized carbons (Fsp3) is 0.385. The number of anilines is 1. The molecule has 5 N–H and O–H groups in total. The van der Waals surface area contributed by atoms with Crippen LogP contribution >= 0.6 is 0 Å². The molecular weight excluding hydrogens is 228 g/mol. The molecule has 1 amide bonds. The lowest BCUT2D eigenvalue weighted by Crippen LogP contribution is -2.51. The Balaban J connectivity index is 2.21. The zero-order valence-corrected chi connectivity index (χ0v) is 10.2. The molecule has 96 valence electrons. The number of nitrogens with one attached hydrogen (secondary N) is 1. The number of piperidine rings is 1. The van der Waals surface area contributed by atoms with Gasteiger partial charge in [0.2, 0.25) is 5.91 Å². The van der Waals surface area contributed by atoms with E-state index in [-0.39, 0.29) is 23.7 Å². The molecule has 1 saturated heterocycles. The van der Waals surface area contributed by atoms with Gasteiger partial charge in [0, 0.05) is 18.2 Å². The van der Waals surface area contributed by atoms with Crippen molar-refractivity contribution < 1.29 is 4.79 Å². The fourth-order valence-electron chi connectivity index (χ4n) is 2.45. The number of carbonyl (C=O) groups is 1. The van der Waals surface area contributed by atoms with Gasteiger partial charge in [0.1, 0.15) is 5.84 Å². The molecule has 1 aromatic carbocycles. The van der Waals surface area contributed by atoms with Gasteiger partial charge >= 0.3 is 0 Å². The van der Waals surface area contributed by atoms with Crippen LogP contribution in [-0.2, 0) is 4.79 Å². The highest BCUT2D eigenvalue weighted by Gasteiger charge is 2.32. The molecule has 0 aliphatic carbocycles. The molecule has 1 aliphatic heterocycles. The molecule has 0 radical (unpaired) electrons. The second-order valence-electron chi connectivity index (χ2n) is 4.62. The summed E-state index contributed by atoms with van der Waals surface area (Å²) in [4.78, 5) is 13.3. The number of rotatable bonds is 3. The second kappa shape index (κ2) is 5.08. The van der Waals surface area contributed by atoms with Crippen molar-refractivity contribution in [3.63, 3.8) is 0 Å². The lowest BCUT2D eigenvalue weighted by atomic mass is 9.89. The number of nitrogens with two attached hydrogens (primary N) is 2. The zero-order valence-electron chi connectivity index (χ0n) is 10.2. The van der Waals surface area contributed by atoms with E-state index in [0.29, 0.717) is 19.4 Å². The summed E-state index contributed by atoms with van der Waals surface area (Å²) in [5, 5.41) is 7.68. The Bertz CT molecular complexity index is 446. The van der Waals surface area contributed by atoms with Crippen molar-refractivity contribution in [2.24, 2.45) is 17.4 Å².